The number of hydrogen-bond donors (Lipinski definition) is 4. The topological polar surface area (TPSA) is 191 Å². The number of aryl methyl sites for hydroxylation is 6. The minimum Gasteiger partial charge on any atom is -0.398 e. The highest BCUT2D eigenvalue weighted by molar-refractivity contribution is 7.89. The zero-order chi connectivity index (χ0) is 37.9. The fraction of sp³-hybridized carbons (Fsp3) is 0.500. The molecular weight excluding hydrogens is 711 g/mol. The Balaban J connectivity index is 0.000000130. The number of anilines is 2. The maximum Gasteiger partial charge on any atom is 0.332 e. The zero-order valence-electron chi connectivity index (χ0n) is 30.8. The van der Waals surface area contributed by atoms with Crippen LogP contribution in [0.3, 0.4) is 0 Å². The summed E-state index contributed by atoms with van der Waals surface area (Å²) in [6, 6.07) is 6.36. The van der Waals surface area contributed by atoms with Gasteiger partial charge in [0.1, 0.15) is 0 Å². The van der Waals surface area contributed by atoms with Gasteiger partial charge in [-0.2, -0.15) is 4.99 Å². The molecule has 11 nitrogen and oxygen atoms in total. The Kier molecular flexibility index (Phi) is 11.8. The maximum atomic E-state index is 11.8. The highest BCUT2D eigenvalue weighted by atomic mass is 32.2. The van der Waals surface area contributed by atoms with Gasteiger partial charge >= 0.3 is 6.03 Å². The number of amides is 2. The number of isocyanates is 1. The Labute approximate surface area is 313 Å². The van der Waals surface area contributed by atoms with E-state index in [1.807, 2.05) is 4.72 Å². The van der Waals surface area contributed by atoms with Crippen LogP contribution < -0.4 is 20.9 Å². The summed E-state index contributed by atoms with van der Waals surface area (Å²) in [4.78, 5) is 26.3. The molecule has 0 atom stereocenters. The third-order valence-electron chi connectivity index (χ3n) is 11.1. The molecule has 13 heteroatoms. The predicted octanol–water partition coefficient (Wildman–Crippen LogP) is 5.53. The minimum absolute atomic E-state index is 0.665. The Morgan fingerprint density at radius 2 is 0.925 bits per heavy atom. The number of sulfonamides is 2. The number of nitrogens with two attached hydrogens (primary N) is 2. The quantitative estimate of drug-likeness (QED) is 0.153. The predicted molar refractivity (Wildman–Crippen MR) is 210 cm³/mol. The molecule has 0 heterocycles. The largest absolute Gasteiger partial charge is 0.398 e. The first-order valence-electron chi connectivity index (χ1n) is 18.8. The lowest BCUT2D eigenvalue weighted by Crippen LogP contribution is -2.34. The molecule has 53 heavy (non-hydrogen) atoms. The summed E-state index contributed by atoms with van der Waals surface area (Å²) in [5, 5.41) is 7.10. The average Bonchev–Trinajstić information content (AvgIpc) is 3.92. The van der Waals surface area contributed by atoms with Gasteiger partial charge in [-0.1, -0.05) is 18.2 Å². The number of rotatable bonds is 3. The number of aliphatic imine (C=N–C) groups is 1. The molecule has 0 unspecified atom stereocenters. The number of carbonyl (C=O) groups is 1. The Bertz CT molecular complexity index is 2100. The van der Waals surface area contributed by atoms with Gasteiger partial charge in [0.15, 0.2) is 0 Å². The van der Waals surface area contributed by atoms with E-state index in [9.17, 15) is 26.4 Å². The average molecular weight is 762 g/mol. The first-order chi connectivity index (χ1) is 25.2. The van der Waals surface area contributed by atoms with Crippen molar-refractivity contribution < 1.29 is 26.4 Å². The fourth-order valence-corrected chi connectivity index (χ4v) is 9.49. The molecule has 3 aromatic carbocycles. The molecule has 6 aliphatic carbocycles. The molecule has 0 saturated heterocycles. The molecular formula is C40H51N5O6S2. The molecule has 0 fully saturated rings. The summed E-state index contributed by atoms with van der Waals surface area (Å²) < 4.78 is 43.0. The van der Waals surface area contributed by atoms with Crippen molar-refractivity contribution >= 4 is 49.2 Å². The number of carbonyl (C=O) groups excluding carboxylic acids is 2. The number of nitrogens with one attached hydrogen (secondary N) is 2. The highest BCUT2D eigenvalue weighted by Crippen LogP contribution is 2.41. The van der Waals surface area contributed by atoms with E-state index in [2.05, 4.69) is 33.6 Å². The number of nitrogen functional groups attached to an aromatic ring is 1. The summed E-state index contributed by atoms with van der Waals surface area (Å²) in [6.07, 6.45) is 24.3. The summed E-state index contributed by atoms with van der Waals surface area (Å²) >= 11 is 0. The van der Waals surface area contributed by atoms with Crippen LogP contribution in [0.4, 0.5) is 21.9 Å². The standard InChI is InChI=1S/C14H18N2O3S.C13H13NO.C12H15N.CH5NO2S/c1-20(18,19)16-14(17)15-13-11-6-2-4-9(11)8-10-5-3-7-12(10)13;15-8-14-13-11-5-1-3-9(11)7-10-4-2-6-12(10)13;13-12-10-5-1-3-8(10)7-9-4-2-6-11(9)12;1-5(2,3)4/h8H,2-7H2,1H3,(H2,15,16,17);7H,1-6H2;7H,1-6,13H2;1H3,(H2,2,3,4). The number of urea groups is 1. The summed E-state index contributed by atoms with van der Waals surface area (Å²) in [5.74, 6) is 0. The maximum absolute atomic E-state index is 11.8. The zero-order valence-corrected chi connectivity index (χ0v) is 32.5. The molecule has 6 aliphatic rings. The van der Waals surface area contributed by atoms with Crippen molar-refractivity contribution in [3.05, 3.63) is 85.0 Å². The van der Waals surface area contributed by atoms with Gasteiger partial charge < -0.3 is 11.1 Å². The van der Waals surface area contributed by atoms with Crippen molar-refractivity contribution in [1.29, 1.82) is 0 Å². The van der Waals surface area contributed by atoms with Gasteiger partial charge in [-0.15, -0.1) is 0 Å². The Morgan fingerprint density at radius 3 is 1.28 bits per heavy atom. The van der Waals surface area contributed by atoms with E-state index in [0.717, 1.165) is 93.8 Å². The Hall–Kier alpha value is -4.03. The van der Waals surface area contributed by atoms with Crippen molar-refractivity contribution in [1.82, 2.24) is 4.72 Å². The van der Waals surface area contributed by atoms with Crippen LogP contribution >= 0.6 is 0 Å². The van der Waals surface area contributed by atoms with Crippen LogP contribution in [0.2, 0.25) is 0 Å². The second kappa shape index (κ2) is 16.1. The second-order valence-corrected chi connectivity index (χ2v) is 18.5. The number of benzene rings is 3. The molecule has 0 aliphatic heterocycles. The lowest BCUT2D eigenvalue weighted by Gasteiger charge is -2.16. The summed E-state index contributed by atoms with van der Waals surface area (Å²) in [6.45, 7) is 0. The number of nitrogens with zero attached hydrogens (tertiary/aromatic N) is 1. The third-order valence-corrected chi connectivity index (χ3v) is 11.7. The van der Waals surface area contributed by atoms with Crippen molar-refractivity contribution in [3.63, 3.8) is 0 Å². The molecule has 6 N–H and O–H groups in total. The van der Waals surface area contributed by atoms with Crippen LogP contribution in [-0.2, 0) is 102 Å². The van der Waals surface area contributed by atoms with Crippen LogP contribution in [0, 0.1) is 0 Å². The van der Waals surface area contributed by atoms with Crippen LogP contribution in [0.1, 0.15) is 105 Å². The number of hydrogen-bond acceptors (Lipinski definition) is 8. The normalized spacial score (nSPS) is 16.8. The molecule has 0 spiro atoms. The molecule has 2 amide bonds. The fourth-order valence-electron chi connectivity index (χ4n) is 9.10. The van der Waals surface area contributed by atoms with Crippen molar-refractivity contribution in [2.75, 3.05) is 23.6 Å². The van der Waals surface area contributed by atoms with E-state index in [1.165, 1.54) is 118 Å². The van der Waals surface area contributed by atoms with Crippen molar-refractivity contribution in [2.24, 2.45) is 10.1 Å². The molecule has 284 valence electrons. The van der Waals surface area contributed by atoms with Gasteiger partial charge in [0.25, 0.3) is 0 Å². The Morgan fingerprint density at radius 1 is 0.604 bits per heavy atom. The summed E-state index contributed by atoms with van der Waals surface area (Å²) in [7, 11) is -6.70. The van der Waals surface area contributed by atoms with Gasteiger partial charge in [-0.25, -0.2) is 36.3 Å². The van der Waals surface area contributed by atoms with E-state index in [1.54, 1.807) is 6.08 Å². The van der Waals surface area contributed by atoms with Crippen LogP contribution in [0.15, 0.2) is 23.2 Å². The van der Waals surface area contributed by atoms with E-state index in [4.69, 9.17) is 5.73 Å². The molecule has 0 aromatic heterocycles. The van der Waals surface area contributed by atoms with Crippen LogP contribution in [0.25, 0.3) is 0 Å². The molecule has 3 aromatic rings. The number of primary sulfonamides is 1. The third kappa shape index (κ3) is 9.38. The molecule has 0 radical (unpaired) electrons. The monoisotopic (exact) mass is 761 g/mol. The van der Waals surface area contributed by atoms with Crippen LogP contribution in [-0.4, -0.2) is 41.5 Å². The van der Waals surface area contributed by atoms with Gasteiger partial charge in [0, 0.05) is 11.4 Å². The van der Waals surface area contributed by atoms with Gasteiger partial charge in [0.2, 0.25) is 26.1 Å². The van der Waals surface area contributed by atoms with E-state index in [0.29, 0.717) is 0 Å². The van der Waals surface area contributed by atoms with Gasteiger partial charge in [-0.05, 0) is 182 Å². The molecule has 0 saturated carbocycles. The van der Waals surface area contributed by atoms with Gasteiger partial charge in [0.05, 0.1) is 18.2 Å². The van der Waals surface area contributed by atoms with Crippen molar-refractivity contribution in [2.45, 2.75) is 116 Å². The first kappa shape index (κ1) is 38.7. The second-order valence-electron chi connectivity index (χ2n) is 15.1. The first-order valence-corrected chi connectivity index (χ1v) is 22.6. The van der Waals surface area contributed by atoms with Crippen LogP contribution in [0.5, 0.6) is 0 Å². The van der Waals surface area contributed by atoms with Gasteiger partial charge in [-0.3, -0.25) is 0 Å². The lowest BCUT2D eigenvalue weighted by molar-refractivity contribution is 0.256. The SMILES string of the molecule is CS(=O)(=O)NC(=O)Nc1c2c(cc3c1CCC3)CCC2.CS(N)(=O)=O.Nc1c2c(cc3c1CCC3)CCC2.O=C=Nc1c2c(cc3c1CCC3)CCC2. The minimum atomic E-state index is -3.53. The molecule has 0 bridgehead atoms. The van der Waals surface area contributed by atoms with E-state index >= 15 is 0 Å². The number of fused-ring (bicyclic) bond motifs is 6. The smallest absolute Gasteiger partial charge is 0.332 e. The van der Waals surface area contributed by atoms with E-state index in [-0.39, 0.29) is 0 Å². The molecule has 9 rings (SSSR count). The van der Waals surface area contributed by atoms with Crippen molar-refractivity contribution in [3.8, 4) is 0 Å². The lowest BCUT2D eigenvalue weighted by atomic mass is 9.99. The van der Waals surface area contributed by atoms with E-state index < -0.39 is 26.1 Å². The summed E-state index contributed by atoms with van der Waals surface area (Å²) in [5.41, 5.74) is 25.6. The highest BCUT2D eigenvalue weighted by Gasteiger charge is 2.26.